The van der Waals surface area contributed by atoms with Gasteiger partial charge in [-0.05, 0) is 25.1 Å². The highest BCUT2D eigenvalue weighted by atomic mass is 16.5. The second kappa shape index (κ2) is 4.41. The van der Waals surface area contributed by atoms with Gasteiger partial charge in [0.15, 0.2) is 0 Å². The summed E-state index contributed by atoms with van der Waals surface area (Å²) < 4.78 is 5.95. The monoisotopic (exact) mass is 231 g/mol. The Morgan fingerprint density at radius 1 is 1.29 bits per heavy atom. The maximum Gasteiger partial charge on any atom is 0.315 e. The van der Waals surface area contributed by atoms with Gasteiger partial charge in [-0.1, -0.05) is 11.6 Å². The van der Waals surface area contributed by atoms with Crippen molar-refractivity contribution in [3.63, 3.8) is 0 Å². The topological polar surface area (TPSA) is 48.3 Å². The van der Waals surface area contributed by atoms with Gasteiger partial charge >= 0.3 is 5.97 Å². The van der Waals surface area contributed by atoms with Crippen LogP contribution in [0.2, 0.25) is 0 Å². The molecule has 0 spiro atoms. The van der Waals surface area contributed by atoms with Crippen molar-refractivity contribution in [2.75, 3.05) is 7.11 Å². The van der Waals surface area contributed by atoms with E-state index in [-0.39, 0.29) is 12.3 Å². The van der Waals surface area contributed by atoms with Crippen LogP contribution < -0.4 is 0 Å². The van der Waals surface area contributed by atoms with Crippen LogP contribution in [0.4, 0.5) is 0 Å². The van der Waals surface area contributed by atoms with Crippen LogP contribution in [0.3, 0.4) is 0 Å². The molecule has 1 aromatic carbocycles. The zero-order chi connectivity index (χ0) is 12.4. The van der Waals surface area contributed by atoms with Gasteiger partial charge in [0, 0.05) is 11.6 Å². The van der Waals surface area contributed by atoms with Gasteiger partial charge in [0.25, 0.3) is 0 Å². The average Bonchev–Trinajstić information content (AvgIpc) is 2.71. The number of benzene rings is 1. The van der Waals surface area contributed by atoms with E-state index in [0.717, 1.165) is 16.5 Å². The van der Waals surface area contributed by atoms with E-state index in [1.54, 1.807) is 6.20 Å². The fourth-order valence-electron chi connectivity index (χ4n) is 1.76. The Kier molecular flexibility index (Phi) is 2.95. The molecule has 0 aliphatic carbocycles. The standard InChI is InChI=1S/C13H13NO3/c1-9-3-4-11-10(7-9)5-6-14(11)12(15)8-13(16)17-2/h3-7H,8H2,1-2H3. The van der Waals surface area contributed by atoms with E-state index in [0.29, 0.717) is 0 Å². The summed E-state index contributed by atoms with van der Waals surface area (Å²) in [5.41, 5.74) is 1.94. The van der Waals surface area contributed by atoms with Gasteiger partial charge in [-0.2, -0.15) is 0 Å². The molecule has 0 aliphatic rings. The Morgan fingerprint density at radius 3 is 2.76 bits per heavy atom. The van der Waals surface area contributed by atoms with Gasteiger partial charge in [0.2, 0.25) is 5.91 Å². The Bertz CT molecular complexity index is 583. The van der Waals surface area contributed by atoms with Crippen LogP contribution in [-0.4, -0.2) is 23.6 Å². The SMILES string of the molecule is COC(=O)CC(=O)n1ccc2cc(C)ccc21. The lowest BCUT2D eigenvalue weighted by molar-refractivity contribution is -0.139. The number of aromatic nitrogens is 1. The zero-order valence-electron chi connectivity index (χ0n) is 9.77. The van der Waals surface area contributed by atoms with Crippen LogP contribution in [-0.2, 0) is 9.53 Å². The minimum Gasteiger partial charge on any atom is -0.469 e. The third-order valence-corrected chi connectivity index (χ3v) is 2.64. The Balaban J connectivity index is 2.36. The van der Waals surface area contributed by atoms with Crippen molar-refractivity contribution >= 4 is 22.8 Å². The molecule has 0 saturated heterocycles. The molecule has 4 nitrogen and oxygen atoms in total. The number of carbonyl (C=O) groups excluding carboxylic acids is 2. The van der Waals surface area contributed by atoms with E-state index in [2.05, 4.69) is 4.74 Å². The van der Waals surface area contributed by atoms with E-state index in [4.69, 9.17) is 0 Å². The lowest BCUT2D eigenvalue weighted by Crippen LogP contribution is -2.15. The lowest BCUT2D eigenvalue weighted by Gasteiger charge is -2.03. The maximum atomic E-state index is 11.8. The van der Waals surface area contributed by atoms with E-state index in [9.17, 15) is 9.59 Å². The van der Waals surface area contributed by atoms with Gasteiger partial charge in [-0.3, -0.25) is 14.2 Å². The summed E-state index contributed by atoms with van der Waals surface area (Å²) in [4.78, 5) is 22.9. The van der Waals surface area contributed by atoms with Crippen LogP contribution in [0.25, 0.3) is 10.9 Å². The molecular weight excluding hydrogens is 218 g/mol. The number of hydrogen-bond acceptors (Lipinski definition) is 3. The van der Waals surface area contributed by atoms with Crippen molar-refractivity contribution in [1.29, 1.82) is 0 Å². The van der Waals surface area contributed by atoms with Crippen molar-refractivity contribution in [1.82, 2.24) is 4.57 Å². The van der Waals surface area contributed by atoms with E-state index < -0.39 is 5.97 Å². The highest BCUT2D eigenvalue weighted by Gasteiger charge is 2.13. The van der Waals surface area contributed by atoms with Crippen molar-refractivity contribution in [2.45, 2.75) is 13.3 Å². The number of carbonyl (C=O) groups is 2. The lowest BCUT2D eigenvalue weighted by atomic mass is 10.2. The van der Waals surface area contributed by atoms with Crippen LogP contribution in [0, 0.1) is 6.92 Å². The second-order valence-corrected chi connectivity index (χ2v) is 3.89. The number of fused-ring (bicyclic) bond motifs is 1. The third kappa shape index (κ3) is 2.20. The normalized spacial score (nSPS) is 10.5. The van der Waals surface area contributed by atoms with Gasteiger partial charge in [0.05, 0.1) is 12.6 Å². The molecule has 2 aromatic rings. The summed E-state index contributed by atoms with van der Waals surface area (Å²) in [6.45, 7) is 1.99. The van der Waals surface area contributed by atoms with E-state index >= 15 is 0 Å². The molecule has 0 aliphatic heterocycles. The van der Waals surface area contributed by atoms with Gasteiger partial charge < -0.3 is 4.74 Å². The number of aryl methyl sites for hydroxylation is 1. The predicted octanol–water partition coefficient (Wildman–Crippen LogP) is 2.15. The third-order valence-electron chi connectivity index (χ3n) is 2.64. The Labute approximate surface area is 98.8 Å². The molecule has 0 amide bonds. The minimum atomic E-state index is -0.524. The molecule has 1 heterocycles. The molecule has 1 aromatic heterocycles. The summed E-state index contributed by atoms with van der Waals surface area (Å²) in [6, 6.07) is 7.67. The molecule has 17 heavy (non-hydrogen) atoms. The summed E-state index contributed by atoms with van der Waals surface area (Å²) in [5, 5.41) is 0.989. The van der Waals surface area contributed by atoms with Crippen molar-refractivity contribution in [2.24, 2.45) is 0 Å². The average molecular weight is 231 g/mol. The number of methoxy groups -OCH3 is 1. The minimum absolute atomic E-state index is 0.242. The molecule has 0 atom stereocenters. The quantitative estimate of drug-likeness (QED) is 0.587. The predicted molar refractivity (Wildman–Crippen MR) is 63.9 cm³/mol. The number of nitrogens with zero attached hydrogens (tertiary/aromatic N) is 1. The molecule has 0 unspecified atom stereocenters. The molecule has 0 fully saturated rings. The van der Waals surface area contributed by atoms with Gasteiger partial charge in [0.1, 0.15) is 6.42 Å². The number of rotatable bonds is 2. The molecule has 0 saturated carbocycles. The number of ether oxygens (including phenoxy) is 1. The first-order valence-electron chi connectivity index (χ1n) is 5.29. The first-order chi connectivity index (χ1) is 8.11. The summed E-state index contributed by atoms with van der Waals surface area (Å²) in [6.07, 6.45) is 1.43. The van der Waals surface area contributed by atoms with Crippen LogP contribution in [0.5, 0.6) is 0 Å². The molecular formula is C13H13NO3. The van der Waals surface area contributed by atoms with E-state index in [1.165, 1.54) is 11.7 Å². The Morgan fingerprint density at radius 2 is 2.06 bits per heavy atom. The number of hydrogen-bond donors (Lipinski definition) is 0. The fraction of sp³-hybridized carbons (Fsp3) is 0.231. The van der Waals surface area contributed by atoms with Crippen LogP contribution in [0.1, 0.15) is 16.8 Å². The van der Waals surface area contributed by atoms with Crippen molar-refractivity contribution < 1.29 is 14.3 Å². The zero-order valence-corrected chi connectivity index (χ0v) is 9.77. The maximum absolute atomic E-state index is 11.8. The molecule has 2 rings (SSSR count). The molecule has 0 N–H and O–H groups in total. The van der Waals surface area contributed by atoms with Gasteiger partial charge in [-0.15, -0.1) is 0 Å². The fourth-order valence-corrected chi connectivity index (χ4v) is 1.76. The highest BCUT2D eigenvalue weighted by molar-refractivity contribution is 6.00. The highest BCUT2D eigenvalue weighted by Crippen LogP contribution is 2.17. The summed E-state index contributed by atoms with van der Waals surface area (Å²) >= 11 is 0. The van der Waals surface area contributed by atoms with Crippen molar-refractivity contribution in [3.8, 4) is 0 Å². The van der Waals surface area contributed by atoms with Crippen molar-refractivity contribution in [3.05, 3.63) is 36.0 Å². The molecule has 4 heteroatoms. The summed E-state index contributed by atoms with van der Waals surface area (Å²) in [7, 11) is 1.27. The first-order valence-corrected chi connectivity index (χ1v) is 5.29. The Hall–Kier alpha value is -2.10. The molecule has 88 valence electrons. The molecule has 0 bridgehead atoms. The molecule has 0 radical (unpaired) electrons. The van der Waals surface area contributed by atoms with Crippen LogP contribution >= 0.6 is 0 Å². The number of esters is 1. The summed E-state index contributed by atoms with van der Waals surface area (Å²) in [5.74, 6) is -0.806. The largest absolute Gasteiger partial charge is 0.469 e. The smallest absolute Gasteiger partial charge is 0.315 e. The van der Waals surface area contributed by atoms with E-state index in [1.807, 2.05) is 31.2 Å². The van der Waals surface area contributed by atoms with Gasteiger partial charge in [-0.25, -0.2) is 0 Å². The van der Waals surface area contributed by atoms with Crippen LogP contribution in [0.15, 0.2) is 30.5 Å². The second-order valence-electron chi connectivity index (χ2n) is 3.89. The first kappa shape index (κ1) is 11.4.